The van der Waals surface area contributed by atoms with Gasteiger partial charge in [-0.3, -0.25) is 14.5 Å². The minimum atomic E-state index is -0.933. The van der Waals surface area contributed by atoms with Crippen LogP contribution in [0.4, 0.5) is 5.69 Å². The van der Waals surface area contributed by atoms with Gasteiger partial charge in [-0.2, -0.15) is 0 Å². The van der Waals surface area contributed by atoms with Crippen molar-refractivity contribution in [2.24, 2.45) is 0 Å². The van der Waals surface area contributed by atoms with Gasteiger partial charge in [-0.25, -0.2) is 0 Å². The van der Waals surface area contributed by atoms with Gasteiger partial charge in [-0.15, -0.1) is 0 Å². The number of aryl methyl sites for hydroxylation is 1. The van der Waals surface area contributed by atoms with E-state index in [1.807, 2.05) is 50.2 Å². The summed E-state index contributed by atoms with van der Waals surface area (Å²) in [6.45, 7) is 3.10. The predicted octanol–water partition coefficient (Wildman–Crippen LogP) is 0.882. The van der Waals surface area contributed by atoms with Crippen LogP contribution in [0, 0.1) is 6.92 Å². The van der Waals surface area contributed by atoms with Gasteiger partial charge in [0, 0.05) is 18.8 Å². The molecule has 0 aliphatic heterocycles. The Labute approximate surface area is 125 Å². The number of hydrogen-bond donors (Lipinski definition) is 2. The molecule has 0 saturated carbocycles. The highest BCUT2D eigenvalue weighted by Crippen LogP contribution is 2.09. The predicted molar refractivity (Wildman–Crippen MR) is 82.4 cm³/mol. The topological polar surface area (TPSA) is 72.9 Å². The van der Waals surface area contributed by atoms with Crippen LogP contribution in [-0.2, 0) is 9.59 Å². The van der Waals surface area contributed by atoms with Gasteiger partial charge < -0.3 is 15.3 Å². The standard InChI is InChI=1S/C15H23N3O3/c1-12-5-4-6-13(9-12)16-14(19)10-18(11-15(20)21)8-7-17(2)3/h4-6,9H,7-8,10-11H2,1-3H3,(H,16,19)(H,20,21). The summed E-state index contributed by atoms with van der Waals surface area (Å²) in [6, 6.07) is 7.50. The molecule has 6 heteroatoms. The molecule has 1 aromatic carbocycles. The lowest BCUT2D eigenvalue weighted by Gasteiger charge is -2.21. The van der Waals surface area contributed by atoms with Crippen molar-refractivity contribution in [3.05, 3.63) is 29.8 Å². The summed E-state index contributed by atoms with van der Waals surface area (Å²) >= 11 is 0. The Morgan fingerprint density at radius 1 is 1.19 bits per heavy atom. The van der Waals surface area contributed by atoms with Crippen molar-refractivity contribution >= 4 is 17.6 Å². The molecule has 0 fully saturated rings. The molecule has 0 spiro atoms. The summed E-state index contributed by atoms with van der Waals surface area (Å²) < 4.78 is 0. The van der Waals surface area contributed by atoms with Crippen molar-refractivity contribution in [3.63, 3.8) is 0 Å². The maximum absolute atomic E-state index is 12.0. The highest BCUT2D eigenvalue weighted by atomic mass is 16.4. The number of carboxylic acid groups (broad SMARTS) is 1. The van der Waals surface area contributed by atoms with E-state index in [1.165, 1.54) is 0 Å². The smallest absolute Gasteiger partial charge is 0.317 e. The fraction of sp³-hybridized carbons (Fsp3) is 0.467. The maximum atomic E-state index is 12.0. The van der Waals surface area contributed by atoms with Crippen LogP contribution in [0.25, 0.3) is 0 Å². The average Bonchev–Trinajstić information content (AvgIpc) is 2.35. The molecule has 1 rings (SSSR count). The van der Waals surface area contributed by atoms with E-state index in [0.29, 0.717) is 13.1 Å². The SMILES string of the molecule is Cc1cccc(NC(=O)CN(CCN(C)C)CC(=O)O)c1. The number of benzene rings is 1. The van der Waals surface area contributed by atoms with E-state index in [0.717, 1.165) is 11.3 Å². The third kappa shape index (κ3) is 7.43. The van der Waals surface area contributed by atoms with Gasteiger partial charge in [0.05, 0.1) is 13.1 Å². The first-order valence-corrected chi connectivity index (χ1v) is 6.82. The van der Waals surface area contributed by atoms with Crippen LogP contribution >= 0.6 is 0 Å². The van der Waals surface area contributed by atoms with Crippen LogP contribution < -0.4 is 5.32 Å². The lowest BCUT2D eigenvalue weighted by atomic mass is 10.2. The number of aliphatic carboxylic acids is 1. The number of nitrogens with zero attached hydrogens (tertiary/aromatic N) is 2. The second kappa shape index (κ2) is 8.39. The van der Waals surface area contributed by atoms with E-state index in [4.69, 9.17) is 5.11 Å². The first-order chi connectivity index (χ1) is 9.86. The largest absolute Gasteiger partial charge is 0.480 e. The molecule has 0 bridgehead atoms. The number of carboxylic acids is 1. The zero-order chi connectivity index (χ0) is 15.8. The number of amides is 1. The van der Waals surface area contributed by atoms with Gasteiger partial charge in [-0.05, 0) is 38.7 Å². The first kappa shape index (κ1) is 17.1. The summed E-state index contributed by atoms with van der Waals surface area (Å²) in [5.74, 6) is -1.14. The van der Waals surface area contributed by atoms with Gasteiger partial charge in [0.25, 0.3) is 0 Å². The molecule has 6 nitrogen and oxygen atoms in total. The summed E-state index contributed by atoms with van der Waals surface area (Å²) in [4.78, 5) is 26.4. The summed E-state index contributed by atoms with van der Waals surface area (Å²) in [5, 5.41) is 11.7. The van der Waals surface area contributed by atoms with Crippen molar-refractivity contribution in [2.75, 3.05) is 45.6 Å². The molecule has 2 N–H and O–H groups in total. The Hall–Kier alpha value is -1.92. The van der Waals surface area contributed by atoms with Crippen LogP contribution in [0.5, 0.6) is 0 Å². The maximum Gasteiger partial charge on any atom is 0.317 e. The third-order valence-corrected chi connectivity index (χ3v) is 2.89. The lowest BCUT2D eigenvalue weighted by molar-refractivity contribution is -0.138. The van der Waals surface area contributed by atoms with Crippen LogP contribution in [0.15, 0.2) is 24.3 Å². The third-order valence-electron chi connectivity index (χ3n) is 2.89. The number of anilines is 1. The van der Waals surface area contributed by atoms with Crippen molar-refractivity contribution in [2.45, 2.75) is 6.92 Å². The molecule has 0 heterocycles. The van der Waals surface area contributed by atoms with E-state index in [9.17, 15) is 9.59 Å². The second-order valence-corrected chi connectivity index (χ2v) is 5.33. The molecular formula is C15H23N3O3. The van der Waals surface area contributed by atoms with Gasteiger partial charge in [-0.1, -0.05) is 12.1 Å². The quantitative estimate of drug-likeness (QED) is 0.744. The Bertz CT molecular complexity index is 489. The van der Waals surface area contributed by atoms with Crippen LogP contribution in [0.1, 0.15) is 5.56 Å². The number of carbonyl (C=O) groups is 2. The van der Waals surface area contributed by atoms with E-state index >= 15 is 0 Å². The molecule has 0 unspecified atom stereocenters. The van der Waals surface area contributed by atoms with Crippen molar-refractivity contribution in [1.82, 2.24) is 9.80 Å². The molecular weight excluding hydrogens is 270 g/mol. The van der Waals surface area contributed by atoms with E-state index in [1.54, 1.807) is 4.90 Å². The normalized spacial score (nSPS) is 10.9. The zero-order valence-corrected chi connectivity index (χ0v) is 12.8. The van der Waals surface area contributed by atoms with Gasteiger partial charge in [0.15, 0.2) is 0 Å². The van der Waals surface area contributed by atoms with Gasteiger partial charge in [0.1, 0.15) is 0 Å². The number of carbonyl (C=O) groups excluding carboxylic acids is 1. The summed E-state index contributed by atoms with van der Waals surface area (Å²) in [6.07, 6.45) is 0. The zero-order valence-electron chi connectivity index (χ0n) is 12.8. The molecule has 1 aromatic rings. The van der Waals surface area contributed by atoms with E-state index in [2.05, 4.69) is 5.32 Å². The van der Waals surface area contributed by atoms with Crippen molar-refractivity contribution in [3.8, 4) is 0 Å². The minimum absolute atomic E-state index is 0.0636. The number of nitrogens with one attached hydrogen (secondary N) is 1. The van der Waals surface area contributed by atoms with Crippen molar-refractivity contribution in [1.29, 1.82) is 0 Å². The molecule has 0 radical (unpaired) electrons. The first-order valence-electron chi connectivity index (χ1n) is 6.82. The molecule has 116 valence electrons. The molecule has 0 aromatic heterocycles. The molecule has 0 aliphatic carbocycles. The minimum Gasteiger partial charge on any atom is -0.480 e. The van der Waals surface area contributed by atoms with Crippen LogP contribution in [0.3, 0.4) is 0 Å². The number of hydrogen-bond acceptors (Lipinski definition) is 4. The fourth-order valence-corrected chi connectivity index (χ4v) is 1.87. The van der Waals surface area contributed by atoms with E-state index in [-0.39, 0.29) is 19.0 Å². The van der Waals surface area contributed by atoms with Crippen LogP contribution in [-0.4, -0.2) is 67.1 Å². The van der Waals surface area contributed by atoms with Gasteiger partial charge in [0.2, 0.25) is 5.91 Å². The number of rotatable bonds is 8. The Morgan fingerprint density at radius 2 is 1.90 bits per heavy atom. The van der Waals surface area contributed by atoms with Crippen LogP contribution in [0.2, 0.25) is 0 Å². The Balaban J connectivity index is 2.56. The van der Waals surface area contributed by atoms with Gasteiger partial charge >= 0.3 is 5.97 Å². The molecule has 0 aliphatic rings. The summed E-state index contributed by atoms with van der Waals surface area (Å²) in [5.41, 5.74) is 1.78. The highest BCUT2D eigenvalue weighted by molar-refractivity contribution is 5.92. The monoisotopic (exact) mass is 293 g/mol. The second-order valence-electron chi connectivity index (χ2n) is 5.33. The highest BCUT2D eigenvalue weighted by Gasteiger charge is 2.14. The number of likely N-dealkylation sites (N-methyl/N-ethyl adjacent to an activating group) is 1. The molecule has 21 heavy (non-hydrogen) atoms. The lowest BCUT2D eigenvalue weighted by Crippen LogP contribution is -2.40. The van der Waals surface area contributed by atoms with E-state index < -0.39 is 5.97 Å². The summed E-state index contributed by atoms with van der Waals surface area (Å²) in [7, 11) is 3.82. The molecule has 0 saturated heterocycles. The fourth-order valence-electron chi connectivity index (χ4n) is 1.87. The molecule has 1 amide bonds. The molecule has 0 atom stereocenters. The van der Waals surface area contributed by atoms with Crippen molar-refractivity contribution < 1.29 is 14.7 Å². The Morgan fingerprint density at radius 3 is 2.48 bits per heavy atom. The average molecular weight is 293 g/mol. The Kier molecular flexibility index (Phi) is 6.84.